The van der Waals surface area contributed by atoms with Crippen LogP contribution in [0, 0.1) is 0 Å². The molecule has 0 unspecified atom stereocenters. The minimum absolute atomic E-state index is 0.203. The summed E-state index contributed by atoms with van der Waals surface area (Å²) in [6.07, 6.45) is 5.04. The summed E-state index contributed by atoms with van der Waals surface area (Å²) in [5.41, 5.74) is -0.0500. The lowest BCUT2D eigenvalue weighted by molar-refractivity contribution is 0.0738. The number of pyridine rings is 2. The molecule has 5 rings (SSSR count). The van der Waals surface area contributed by atoms with Crippen LogP contribution in [0.5, 0.6) is 0 Å². The zero-order valence-corrected chi connectivity index (χ0v) is 19.6. The summed E-state index contributed by atoms with van der Waals surface area (Å²) in [4.78, 5) is 35.0. The van der Waals surface area contributed by atoms with Gasteiger partial charge < -0.3 is 21.1 Å². The van der Waals surface area contributed by atoms with Crippen molar-refractivity contribution in [1.29, 1.82) is 0 Å². The third-order valence-electron chi connectivity index (χ3n) is 5.70. The molecule has 35 heavy (non-hydrogen) atoms. The summed E-state index contributed by atoms with van der Waals surface area (Å²) < 4.78 is 2.94. The van der Waals surface area contributed by atoms with Crippen LogP contribution in [0.1, 0.15) is 42.7 Å². The second-order valence-corrected chi connectivity index (χ2v) is 8.98. The van der Waals surface area contributed by atoms with Crippen LogP contribution >= 0.6 is 0 Å². The van der Waals surface area contributed by atoms with E-state index in [-0.39, 0.29) is 23.2 Å². The van der Waals surface area contributed by atoms with E-state index in [4.69, 9.17) is 0 Å². The van der Waals surface area contributed by atoms with Gasteiger partial charge in [-0.1, -0.05) is 6.07 Å². The fourth-order valence-electron chi connectivity index (χ4n) is 3.66. The Kier molecular flexibility index (Phi) is 5.48. The molecule has 4 heterocycles. The fourth-order valence-corrected chi connectivity index (χ4v) is 3.66. The standard InChI is InChI=1S/C24H26N8O3/c1-24(2,35)17-7-4-8-19(29-17)31-11-5-6-16(23(31)34)28-18-12-20(25-3)32-21(30-18)15(13-26-32)22(33)27-14-9-10-14/h4-8,11-14,25,35H,9-10H2,1-3H3,(H,27,33)(H,28,30). The van der Waals surface area contributed by atoms with E-state index in [2.05, 4.69) is 31.0 Å². The lowest BCUT2D eigenvalue weighted by atomic mass is 10.1. The predicted molar refractivity (Wildman–Crippen MR) is 131 cm³/mol. The van der Waals surface area contributed by atoms with Crippen molar-refractivity contribution in [2.24, 2.45) is 0 Å². The number of carbonyl (C=O) groups excluding carboxylic acids is 1. The van der Waals surface area contributed by atoms with Crippen molar-refractivity contribution in [2.45, 2.75) is 38.3 Å². The van der Waals surface area contributed by atoms with Gasteiger partial charge in [-0.2, -0.15) is 9.61 Å². The van der Waals surface area contributed by atoms with E-state index < -0.39 is 5.60 Å². The van der Waals surface area contributed by atoms with Crippen LogP contribution in [0.25, 0.3) is 11.5 Å². The molecule has 0 aromatic carbocycles. The van der Waals surface area contributed by atoms with E-state index >= 15 is 0 Å². The highest BCUT2D eigenvalue weighted by molar-refractivity contribution is 6.00. The summed E-state index contributed by atoms with van der Waals surface area (Å²) in [5.74, 6) is 1.12. The molecule has 4 aromatic rings. The highest BCUT2D eigenvalue weighted by Gasteiger charge is 2.26. The Bertz CT molecular complexity index is 1480. The number of nitrogens with one attached hydrogen (secondary N) is 3. The van der Waals surface area contributed by atoms with Crippen LogP contribution in [0.4, 0.5) is 17.3 Å². The van der Waals surface area contributed by atoms with E-state index in [1.807, 2.05) is 0 Å². The van der Waals surface area contributed by atoms with Crippen molar-refractivity contribution >= 4 is 28.9 Å². The van der Waals surface area contributed by atoms with Crippen molar-refractivity contribution in [3.8, 4) is 5.82 Å². The molecule has 180 valence electrons. The molecule has 0 bridgehead atoms. The van der Waals surface area contributed by atoms with Crippen LogP contribution < -0.4 is 21.5 Å². The van der Waals surface area contributed by atoms with E-state index in [1.165, 1.54) is 10.8 Å². The molecule has 0 atom stereocenters. The number of carbonyl (C=O) groups is 1. The fraction of sp³-hybridized carbons (Fsp3) is 0.292. The Morgan fingerprint density at radius 2 is 1.97 bits per heavy atom. The molecular weight excluding hydrogens is 448 g/mol. The average Bonchev–Trinajstić information content (AvgIpc) is 3.54. The van der Waals surface area contributed by atoms with E-state index in [0.717, 1.165) is 12.8 Å². The largest absolute Gasteiger partial charge is 0.384 e. The molecule has 0 spiro atoms. The van der Waals surface area contributed by atoms with Gasteiger partial charge in [0.1, 0.15) is 34.3 Å². The van der Waals surface area contributed by atoms with Gasteiger partial charge >= 0.3 is 0 Å². The lowest BCUT2D eigenvalue weighted by Crippen LogP contribution is -2.25. The lowest BCUT2D eigenvalue weighted by Gasteiger charge is -2.17. The van der Waals surface area contributed by atoms with Gasteiger partial charge in [0.15, 0.2) is 5.65 Å². The molecule has 4 aromatic heterocycles. The first-order chi connectivity index (χ1) is 16.7. The molecule has 0 radical (unpaired) electrons. The maximum Gasteiger partial charge on any atom is 0.279 e. The van der Waals surface area contributed by atoms with Gasteiger partial charge in [0, 0.05) is 25.4 Å². The van der Waals surface area contributed by atoms with Crippen LogP contribution in [-0.2, 0) is 5.60 Å². The van der Waals surface area contributed by atoms with E-state index in [0.29, 0.717) is 34.4 Å². The first-order valence-electron chi connectivity index (χ1n) is 11.3. The molecule has 1 aliphatic carbocycles. The number of aliphatic hydroxyl groups is 1. The van der Waals surface area contributed by atoms with Gasteiger partial charge in [-0.25, -0.2) is 9.97 Å². The van der Waals surface area contributed by atoms with Gasteiger partial charge in [-0.15, -0.1) is 0 Å². The Balaban J connectivity index is 1.52. The summed E-state index contributed by atoms with van der Waals surface area (Å²) in [6.45, 7) is 3.27. The topological polar surface area (TPSA) is 138 Å². The minimum atomic E-state index is -1.15. The van der Waals surface area contributed by atoms with Gasteiger partial charge in [0.2, 0.25) is 0 Å². The van der Waals surface area contributed by atoms with Crippen LogP contribution in [0.15, 0.2) is 53.6 Å². The highest BCUT2D eigenvalue weighted by atomic mass is 16.3. The number of amides is 1. The van der Waals surface area contributed by atoms with Crippen LogP contribution in [-0.4, -0.2) is 48.3 Å². The van der Waals surface area contributed by atoms with E-state index in [9.17, 15) is 14.7 Å². The summed E-state index contributed by atoms with van der Waals surface area (Å²) >= 11 is 0. The number of anilines is 3. The summed E-state index contributed by atoms with van der Waals surface area (Å²) in [5, 5.41) is 23.7. The number of hydrogen-bond acceptors (Lipinski definition) is 8. The Labute approximate surface area is 200 Å². The number of rotatable bonds is 7. The molecule has 0 aliphatic heterocycles. The van der Waals surface area contributed by atoms with Crippen LogP contribution in [0.3, 0.4) is 0 Å². The van der Waals surface area contributed by atoms with Crippen molar-refractivity contribution in [2.75, 3.05) is 17.7 Å². The molecule has 1 aliphatic rings. The Morgan fingerprint density at radius 3 is 2.69 bits per heavy atom. The number of hydrogen-bond donors (Lipinski definition) is 4. The summed E-state index contributed by atoms with van der Waals surface area (Å²) in [7, 11) is 1.74. The minimum Gasteiger partial charge on any atom is -0.384 e. The maximum absolute atomic E-state index is 13.3. The normalized spacial score (nSPS) is 13.6. The second kappa shape index (κ2) is 8.51. The first-order valence-corrected chi connectivity index (χ1v) is 11.3. The predicted octanol–water partition coefficient (Wildman–Crippen LogP) is 2.18. The Hall–Kier alpha value is -4.25. The van der Waals surface area contributed by atoms with Gasteiger partial charge in [0.25, 0.3) is 11.5 Å². The maximum atomic E-state index is 13.3. The first kappa shape index (κ1) is 22.5. The van der Waals surface area contributed by atoms with Crippen molar-refractivity contribution < 1.29 is 9.90 Å². The molecule has 1 amide bonds. The SMILES string of the molecule is CNc1cc(Nc2cccn(-c3cccc(C(C)(C)O)n3)c2=O)nc2c(C(=O)NC3CC3)cnn12. The molecule has 0 saturated heterocycles. The summed E-state index contributed by atoms with van der Waals surface area (Å²) in [6, 6.07) is 10.4. The highest BCUT2D eigenvalue weighted by Crippen LogP contribution is 2.23. The van der Waals surface area contributed by atoms with Gasteiger partial charge in [-0.05, 0) is 51.0 Å². The number of aromatic nitrogens is 5. The molecule has 11 heteroatoms. The monoisotopic (exact) mass is 474 g/mol. The van der Waals surface area contributed by atoms with Crippen molar-refractivity contribution in [3.05, 3.63) is 70.4 Å². The molecule has 1 saturated carbocycles. The third-order valence-corrected chi connectivity index (χ3v) is 5.70. The molecular formula is C24H26N8O3. The van der Waals surface area contributed by atoms with E-state index in [1.54, 1.807) is 68.0 Å². The molecule has 4 N–H and O–H groups in total. The number of fused-ring (bicyclic) bond motifs is 1. The zero-order valence-electron chi connectivity index (χ0n) is 19.6. The zero-order chi connectivity index (χ0) is 24.7. The Morgan fingerprint density at radius 1 is 1.17 bits per heavy atom. The molecule has 11 nitrogen and oxygen atoms in total. The van der Waals surface area contributed by atoms with Crippen molar-refractivity contribution in [3.63, 3.8) is 0 Å². The van der Waals surface area contributed by atoms with Gasteiger partial charge in [-0.3, -0.25) is 14.2 Å². The quantitative estimate of drug-likeness (QED) is 0.320. The number of nitrogens with zero attached hydrogens (tertiary/aromatic N) is 5. The molecule has 1 fully saturated rings. The smallest absolute Gasteiger partial charge is 0.279 e. The van der Waals surface area contributed by atoms with Gasteiger partial charge in [0.05, 0.1) is 11.9 Å². The average molecular weight is 475 g/mol. The van der Waals surface area contributed by atoms with Crippen molar-refractivity contribution in [1.82, 2.24) is 29.5 Å². The second-order valence-electron chi connectivity index (χ2n) is 8.98. The van der Waals surface area contributed by atoms with Crippen LogP contribution in [0.2, 0.25) is 0 Å². The third kappa shape index (κ3) is 4.45.